The molecule has 7 nitrogen and oxygen atoms in total. The van der Waals surface area contributed by atoms with Crippen molar-refractivity contribution < 1.29 is 24.2 Å². The predicted octanol–water partition coefficient (Wildman–Crippen LogP) is 4.81. The van der Waals surface area contributed by atoms with Crippen LogP contribution in [-0.4, -0.2) is 35.5 Å². The lowest BCUT2D eigenvalue weighted by Crippen LogP contribution is -2.29. The van der Waals surface area contributed by atoms with Gasteiger partial charge in [-0.1, -0.05) is 25.1 Å². The van der Waals surface area contributed by atoms with Crippen LogP contribution in [0.2, 0.25) is 0 Å². The average Bonchev–Trinajstić information content (AvgIpc) is 3.13. The highest BCUT2D eigenvalue weighted by atomic mass is 16.5. The van der Waals surface area contributed by atoms with Gasteiger partial charge >= 0.3 is 0 Å². The maximum atomic E-state index is 13.3. The molecule has 0 bridgehead atoms. The van der Waals surface area contributed by atoms with Gasteiger partial charge in [0.15, 0.2) is 0 Å². The molecule has 1 atom stereocenters. The Morgan fingerprint density at radius 1 is 1.09 bits per heavy atom. The third kappa shape index (κ3) is 4.12. The van der Waals surface area contributed by atoms with E-state index in [9.17, 15) is 14.7 Å². The highest BCUT2D eigenvalue weighted by Gasteiger charge is 2.47. The first-order chi connectivity index (χ1) is 16.5. The molecule has 1 amide bonds. The number of rotatable bonds is 7. The summed E-state index contributed by atoms with van der Waals surface area (Å²) in [5.74, 6) is -0.640. The standard InChI is InChI=1S/C27H26N2O5/c1-4-14-34-21-12-11-18(15-17(21)2)25(30)23-24(19-8-7-13-28-16-19)29(27(32)26(23)31)20-9-5-6-10-22(20)33-3/h5-13,15-16,24,30H,4,14H2,1-3H3/b25-23-. The third-order valence-corrected chi connectivity index (χ3v) is 5.70. The van der Waals surface area contributed by atoms with E-state index in [4.69, 9.17) is 9.47 Å². The number of pyridine rings is 1. The number of amides is 1. The van der Waals surface area contributed by atoms with Crippen LogP contribution in [-0.2, 0) is 9.59 Å². The SMILES string of the molecule is CCCOc1ccc(/C(O)=C2/C(=O)C(=O)N(c3ccccc3OC)C2c2cccnc2)cc1C. The minimum Gasteiger partial charge on any atom is -0.507 e. The predicted molar refractivity (Wildman–Crippen MR) is 129 cm³/mol. The second-order valence-corrected chi connectivity index (χ2v) is 7.96. The van der Waals surface area contributed by atoms with Crippen molar-refractivity contribution in [1.82, 2.24) is 4.98 Å². The molecule has 1 aliphatic heterocycles. The number of ketones is 1. The van der Waals surface area contributed by atoms with E-state index >= 15 is 0 Å². The molecule has 0 spiro atoms. The number of nitrogens with zero attached hydrogens (tertiary/aromatic N) is 2. The van der Waals surface area contributed by atoms with Gasteiger partial charge in [-0.25, -0.2) is 0 Å². The molecule has 1 fully saturated rings. The number of benzene rings is 2. The zero-order valence-corrected chi connectivity index (χ0v) is 19.3. The van der Waals surface area contributed by atoms with Gasteiger partial charge in [0, 0.05) is 18.0 Å². The van der Waals surface area contributed by atoms with Gasteiger partial charge in [0.05, 0.1) is 31.0 Å². The number of aliphatic hydroxyl groups is 1. The number of ether oxygens (including phenoxy) is 2. The lowest BCUT2D eigenvalue weighted by atomic mass is 9.95. The van der Waals surface area contributed by atoms with Crippen LogP contribution >= 0.6 is 0 Å². The van der Waals surface area contributed by atoms with Crippen molar-refractivity contribution in [2.75, 3.05) is 18.6 Å². The van der Waals surface area contributed by atoms with Crippen molar-refractivity contribution in [1.29, 1.82) is 0 Å². The van der Waals surface area contributed by atoms with E-state index in [1.807, 2.05) is 13.8 Å². The fourth-order valence-electron chi connectivity index (χ4n) is 4.09. The number of para-hydroxylation sites is 2. The first-order valence-corrected chi connectivity index (χ1v) is 11.1. The van der Waals surface area contributed by atoms with Crippen LogP contribution < -0.4 is 14.4 Å². The lowest BCUT2D eigenvalue weighted by molar-refractivity contribution is -0.132. The molecule has 0 saturated carbocycles. The quantitative estimate of drug-likeness (QED) is 0.310. The van der Waals surface area contributed by atoms with E-state index < -0.39 is 17.7 Å². The second kappa shape index (κ2) is 9.79. The van der Waals surface area contributed by atoms with Gasteiger partial charge in [-0.15, -0.1) is 0 Å². The summed E-state index contributed by atoms with van der Waals surface area (Å²) in [6.07, 6.45) is 4.06. The summed E-state index contributed by atoms with van der Waals surface area (Å²) >= 11 is 0. The van der Waals surface area contributed by atoms with Crippen molar-refractivity contribution in [2.45, 2.75) is 26.3 Å². The molecule has 1 N–H and O–H groups in total. The Labute approximate surface area is 198 Å². The Balaban J connectivity index is 1.89. The van der Waals surface area contributed by atoms with Gasteiger partial charge < -0.3 is 14.6 Å². The minimum absolute atomic E-state index is 0.00877. The first-order valence-electron chi connectivity index (χ1n) is 11.1. The molecule has 1 saturated heterocycles. The zero-order valence-electron chi connectivity index (χ0n) is 19.3. The number of Topliss-reactive ketones (excluding diaryl/α,β-unsaturated/α-hetero) is 1. The van der Waals surface area contributed by atoms with Crippen LogP contribution in [0.4, 0.5) is 5.69 Å². The normalized spacial score (nSPS) is 17.1. The summed E-state index contributed by atoms with van der Waals surface area (Å²) in [5.41, 5.74) is 2.25. The van der Waals surface area contributed by atoms with Crippen LogP contribution in [0.5, 0.6) is 11.5 Å². The Bertz CT molecular complexity index is 1250. The molecule has 1 aliphatic rings. The highest BCUT2D eigenvalue weighted by Crippen LogP contribution is 2.44. The molecule has 174 valence electrons. The third-order valence-electron chi connectivity index (χ3n) is 5.70. The Morgan fingerprint density at radius 2 is 1.88 bits per heavy atom. The number of aromatic nitrogens is 1. The van der Waals surface area contributed by atoms with Gasteiger partial charge in [-0.05, 0) is 60.9 Å². The summed E-state index contributed by atoms with van der Waals surface area (Å²) in [6, 6.07) is 14.8. The monoisotopic (exact) mass is 458 g/mol. The molecule has 2 heterocycles. The van der Waals surface area contributed by atoms with Crippen molar-refractivity contribution in [2.24, 2.45) is 0 Å². The van der Waals surface area contributed by atoms with Crippen molar-refractivity contribution in [3.8, 4) is 11.5 Å². The molecule has 1 unspecified atom stereocenters. The van der Waals surface area contributed by atoms with Crippen LogP contribution in [0.25, 0.3) is 5.76 Å². The second-order valence-electron chi connectivity index (χ2n) is 7.96. The van der Waals surface area contributed by atoms with Crippen LogP contribution in [0.15, 0.2) is 72.6 Å². The summed E-state index contributed by atoms with van der Waals surface area (Å²) in [5, 5.41) is 11.3. The largest absolute Gasteiger partial charge is 0.507 e. The average molecular weight is 459 g/mol. The molecule has 7 heteroatoms. The smallest absolute Gasteiger partial charge is 0.300 e. The number of anilines is 1. The number of carbonyl (C=O) groups is 2. The molecule has 2 aromatic carbocycles. The van der Waals surface area contributed by atoms with Crippen molar-refractivity contribution in [3.63, 3.8) is 0 Å². The Hall–Kier alpha value is -4.13. The molecular weight excluding hydrogens is 432 g/mol. The van der Waals surface area contributed by atoms with Gasteiger partial charge in [-0.2, -0.15) is 0 Å². The van der Waals surface area contributed by atoms with Gasteiger partial charge in [0.25, 0.3) is 11.7 Å². The van der Waals surface area contributed by atoms with Crippen molar-refractivity contribution >= 4 is 23.1 Å². The summed E-state index contributed by atoms with van der Waals surface area (Å²) < 4.78 is 11.2. The number of hydrogen-bond donors (Lipinski definition) is 1. The van der Waals surface area contributed by atoms with E-state index in [0.717, 1.165) is 12.0 Å². The van der Waals surface area contributed by atoms with Crippen LogP contribution in [0.3, 0.4) is 0 Å². The summed E-state index contributed by atoms with van der Waals surface area (Å²) in [6.45, 7) is 4.47. The molecule has 1 aromatic heterocycles. The number of aryl methyl sites for hydroxylation is 1. The van der Waals surface area contributed by atoms with E-state index in [2.05, 4.69) is 4.98 Å². The summed E-state index contributed by atoms with van der Waals surface area (Å²) in [7, 11) is 1.50. The minimum atomic E-state index is -0.874. The number of hydrogen-bond acceptors (Lipinski definition) is 6. The van der Waals surface area contributed by atoms with Crippen LogP contribution in [0.1, 0.15) is 36.1 Å². The summed E-state index contributed by atoms with van der Waals surface area (Å²) in [4.78, 5) is 32.1. The fraction of sp³-hybridized carbons (Fsp3) is 0.222. The van der Waals surface area contributed by atoms with E-state index in [1.165, 1.54) is 12.0 Å². The number of carbonyl (C=O) groups excluding carboxylic acids is 2. The molecular formula is C27H26N2O5. The van der Waals surface area contributed by atoms with E-state index in [1.54, 1.807) is 67.0 Å². The molecule has 0 aliphatic carbocycles. The molecule has 34 heavy (non-hydrogen) atoms. The fourth-order valence-corrected chi connectivity index (χ4v) is 4.09. The number of aliphatic hydroxyl groups excluding tert-OH is 1. The van der Waals surface area contributed by atoms with Gasteiger partial charge in [0.1, 0.15) is 17.3 Å². The maximum absolute atomic E-state index is 13.3. The zero-order chi connectivity index (χ0) is 24.2. The van der Waals surface area contributed by atoms with Crippen molar-refractivity contribution in [3.05, 3.63) is 89.3 Å². The molecule has 0 radical (unpaired) electrons. The first kappa shape index (κ1) is 23.0. The van der Waals surface area contributed by atoms with E-state index in [-0.39, 0.29) is 11.3 Å². The maximum Gasteiger partial charge on any atom is 0.300 e. The van der Waals surface area contributed by atoms with Crippen LogP contribution in [0, 0.1) is 6.92 Å². The van der Waals surface area contributed by atoms with Gasteiger partial charge in [-0.3, -0.25) is 19.5 Å². The number of methoxy groups -OCH3 is 1. The molecule has 4 rings (SSSR count). The Morgan fingerprint density at radius 3 is 2.56 bits per heavy atom. The van der Waals surface area contributed by atoms with E-state index in [0.29, 0.717) is 34.9 Å². The highest BCUT2D eigenvalue weighted by molar-refractivity contribution is 6.51. The lowest BCUT2D eigenvalue weighted by Gasteiger charge is -2.26. The molecule has 3 aromatic rings. The Kier molecular flexibility index (Phi) is 6.63. The van der Waals surface area contributed by atoms with Gasteiger partial charge in [0.2, 0.25) is 0 Å². The topological polar surface area (TPSA) is 89.0 Å².